The van der Waals surface area contributed by atoms with Crippen molar-refractivity contribution in [1.82, 2.24) is 0 Å². The van der Waals surface area contributed by atoms with Crippen molar-refractivity contribution in [2.45, 2.75) is 361 Å². The first-order chi connectivity index (χ1) is 34.0. The van der Waals surface area contributed by atoms with Crippen LogP contribution >= 0.6 is 0 Å². The van der Waals surface area contributed by atoms with E-state index in [2.05, 4.69) is 32.9 Å². The predicted molar refractivity (Wildman–Crippen MR) is 298 cm³/mol. The molecule has 0 aromatic rings. The van der Waals surface area contributed by atoms with Gasteiger partial charge in [0.05, 0.1) is 0 Å². The second-order valence-electron chi connectivity index (χ2n) is 21.3. The number of carbonyl (C=O) groups excluding carboxylic acids is 3. The first-order valence-corrected chi connectivity index (χ1v) is 31.2. The molecule has 0 amide bonds. The van der Waals surface area contributed by atoms with Gasteiger partial charge in [-0.3, -0.25) is 14.4 Å². The predicted octanol–water partition coefficient (Wildman–Crippen LogP) is 20.9. The third-order valence-electron chi connectivity index (χ3n) is 14.3. The number of rotatable bonds is 58. The summed E-state index contributed by atoms with van der Waals surface area (Å²) >= 11 is 0. The maximum atomic E-state index is 12.9. The molecule has 0 heterocycles. The molecule has 0 saturated carbocycles. The molecule has 0 aromatic carbocycles. The van der Waals surface area contributed by atoms with Gasteiger partial charge in [-0.2, -0.15) is 0 Å². The van der Waals surface area contributed by atoms with Gasteiger partial charge in [0, 0.05) is 19.3 Å². The molecule has 0 bridgehead atoms. The molecule has 0 spiro atoms. The highest BCUT2D eigenvalue weighted by Crippen LogP contribution is 2.18. The monoisotopic (exact) mass is 973 g/mol. The molecule has 0 fully saturated rings. The van der Waals surface area contributed by atoms with Crippen LogP contribution in [0, 0.1) is 0 Å². The smallest absolute Gasteiger partial charge is 0.306 e. The van der Waals surface area contributed by atoms with Crippen molar-refractivity contribution in [2.24, 2.45) is 0 Å². The van der Waals surface area contributed by atoms with Gasteiger partial charge >= 0.3 is 17.9 Å². The normalized spacial score (nSPS) is 12.0. The second-order valence-corrected chi connectivity index (χ2v) is 21.3. The fourth-order valence-corrected chi connectivity index (χ4v) is 9.56. The summed E-state index contributed by atoms with van der Waals surface area (Å²) in [5, 5.41) is 0. The van der Waals surface area contributed by atoms with Crippen molar-refractivity contribution in [3.8, 4) is 0 Å². The summed E-state index contributed by atoms with van der Waals surface area (Å²) in [6.45, 7) is 6.71. The molecule has 69 heavy (non-hydrogen) atoms. The molecule has 1 unspecified atom stereocenters. The Kier molecular flexibility index (Phi) is 57.1. The van der Waals surface area contributed by atoms with E-state index in [4.69, 9.17) is 14.2 Å². The van der Waals surface area contributed by atoms with Crippen molar-refractivity contribution >= 4 is 17.9 Å². The number of hydrogen-bond acceptors (Lipinski definition) is 6. The SMILES string of the molecule is CCCCCCCCCCC/C=C\CCCCCCCC(=O)OCC(COC(=O)CCCCCCCCCCCCCCCCCC)OC(=O)CCCCCCCCCCCCCCCCCCC. The maximum absolute atomic E-state index is 12.9. The molecular weight excluding hydrogens is 853 g/mol. The van der Waals surface area contributed by atoms with Gasteiger partial charge in [0.2, 0.25) is 0 Å². The summed E-state index contributed by atoms with van der Waals surface area (Å²) in [4.78, 5) is 38.3. The quantitative estimate of drug-likeness (QED) is 0.0261. The standard InChI is InChI=1S/C63H120O6/c1-4-7-10-13-16-19-22-25-28-31-33-35-38-41-44-47-50-53-56-62(65)68-59-60(58-67-61(64)55-52-49-46-43-40-37-34-30-27-24-21-18-15-12-9-6-3)69-63(66)57-54-51-48-45-42-39-36-32-29-26-23-20-17-14-11-8-5-2/h33,35,60H,4-32,34,36-59H2,1-3H3/b35-33-. The molecule has 0 aliphatic rings. The lowest BCUT2D eigenvalue weighted by Crippen LogP contribution is -2.30. The van der Waals surface area contributed by atoms with E-state index < -0.39 is 6.10 Å². The van der Waals surface area contributed by atoms with Crippen LogP contribution in [0.2, 0.25) is 0 Å². The Morgan fingerprint density at radius 3 is 0.725 bits per heavy atom. The average Bonchev–Trinajstić information content (AvgIpc) is 3.35. The summed E-state index contributed by atoms with van der Waals surface area (Å²) in [5.41, 5.74) is 0. The molecule has 0 aliphatic carbocycles. The van der Waals surface area contributed by atoms with Gasteiger partial charge in [-0.1, -0.05) is 303 Å². The highest BCUT2D eigenvalue weighted by molar-refractivity contribution is 5.71. The van der Waals surface area contributed by atoms with Crippen molar-refractivity contribution in [3.63, 3.8) is 0 Å². The molecule has 6 nitrogen and oxygen atoms in total. The van der Waals surface area contributed by atoms with E-state index in [1.807, 2.05) is 0 Å². The van der Waals surface area contributed by atoms with Gasteiger partial charge in [-0.05, 0) is 44.9 Å². The first-order valence-electron chi connectivity index (χ1n) is 31.2. The molecule has 0 saturated heterocycles. The van der Waals surface area contributed by atoms with E-state index in [1.54, 1.807) is 0 Å². The third kappa shape index (κ3) is 56.9. The Labute approximate surface area is 431 Å². The second kappa shape index (κ2) is 58.7. The first kappa shape index (κ1) is 67.1. The minimum atomic E-state index is -0.768. The molecule has 0 aliphatic heterocycles. The lowest BCUT2D eigenvalue weighted by atomic mass is 10.0. The van der Waals surface area contributed by atoms with Gasteiger partial charge in [0.1, 0.15) is 13.2 Å². The molecule has 0 aromatic heterocycles. The van der Waals surface area contributed by atoms with E-state index in [9.17, 15) is 14.4 Å². The number of hydrogen-bond donors (Lipinski definition) is 0. The van der Waals surface area contributed by atoms with Gasteiger partial charge in [0.15, 0.2) is 6.10 Å². The molecule has 0 rings (SSSR count). The van der Waals surface area contributed by atoms with Gasteiger partial charge in [-0.25, -0.2) is 0 Å². The van der Waals surface area contributed by atoms with Crippen LogP contribution in [0.15, 0.2) is 12.2 Å². The fourth-order valence-electron chi connectivity index (χ4n) is 9.56. The van der Waals surface area contributed by atoms with Crippen LogP contribution in [0.4, 0.5) is 0 Å². The van der Waals surface area contributed by atoms with Crippen LogP contribution in [-0.4, -0.2) is 37.2 Å². The van der Waals surface area contributed by atoms with E-state index in [1.165, 1.54) is 250 Å². The Hall–Kier alpha value is -1.85. The zero-order valence-corrected chi connectivity index (χ0v) is 46.9. The number of ether oxygens (including phenoxy) is 3. The Bertz CT molecular complexity index is 1070. The minimum absolute atomic E-state index is 0.0661. The number of esters is 3. The molecule has 0 N–H and O–H groups in total. The fraction of sp³-hybridized carbons (Fsp3) is 0.921. The van der Waals surface area contributed by atoms with Gasteiger partial charge in [0.25, 0.3) is 0 Å². The summed E-state index contributed by atoms with van der Waals surface area (Å²) in [7, 11) is 0. The molecule has 1 atom stereocenters. The number of unbranched alkanes of at least 4 members (excludes halogenated alkanes) is 45. The van der Waals surface area contributed by atoms with Crippen molar-refractivity contribution in [3.05, 3.63) is 12.2 Å². The lowest BCUT2D eigenvalue weighted by Gasteiger charge is -2.18. The number of carbonyl (C=O) groups is 3. The summed E-state index contributed by atoms with van der Waals surface area (Å²) < 4.78 is 16.9. The van der Waals surface area contributed by atoms with Crippen LogP contribution in [0.25, 0.3) is 0 Å². The van der Waals surface area contributed by atoms with E-state index in [0.717, 1.165) is 64.2 Å². The average molecular weight is 974 g/mol. The van der Waals surface area contributed by atoms with Gasteiger partial charge in [-0.15, -0.1) is 0 Å². The van der Waals surface area contributed by atoms with Crippen LogP contribution in [-0.2, 0) is 28.6 Å². The summed E-state index contributed by atoms with van der Waals surface area (Å²) in [6.07, 6.45) is 67.8. The zero-order valence-electron chi connectivity index (χ0n) is 46.9. The van der Waals surface area contributed by atoms with E-state index in [-0.39, 0.29) is 31.1 Å². The Morgan fingerprint density at radius 2 is 0.478 bits per heavy atom. The lowest BCUT2D eigenvalue weighted by molar-refractivity contribution is -0.167. The molecular formula is C63H120O6. The zero-order chi connectivity index (χ0) is 50.0. The molecule has 6 heteroatoms. The van der Waals surface area contributed by atoms with Crippen LogP contribution in [0.5, 0.6) is 0 Å². The van der Waals surface area contributed by atoms with Crippen molar-refractivity contribution < 1.29 is 28.6 Å². The Morgan fingerprint density at radius 1 is 0.275 bits per heavy atom. The number of allylic oxidation sites excluding steroid dienone is 2. The minimum Gasteiger partial charge on any atom is -0.462 e. The van der Waals surface area contributed by atoms with Crippen LogP contribution < -0.4 is 0 Å². The van der Waals surface area contributed by atoms with Crippen molar-refractivity contribution in [2.75, 3.05) is 13.2 Å². The summed E-state index contributed by atoms with van der Waals surface area (Å²) in [6, 6.07) is 0. The third-order valence-corrected chi connectivity index (χ3v) is 14.3. The van der Waals surface area contributed by atoms with Gasteiger partial charge < -0.3 is 14.2 Å². The maximum Gasteiger partial charge on any atom is 0.306 e. The molecule has 0 radical (unpaired) electrons. The van der Waals surface area contributed by atoms with Crippen molar-refractivity contribution in [1.29, 1.82) is 0 Å². The summed E-state index contributed by atoms with van der Waals surface area (Å²) in [5.74, 6) is -0.845. The Balaban J connectivity index is 4.32. The van der Waals surface area contributed by atoms with Crippen LogP contribution in [0.1, 0.15) is 355 Å². The highest BCUT2D eigenvalue weighted by atomic mass is 16.6. The topological polar surface area (TPSA) is 78.9 Å². The van der Waals surface area contributed by atoms with E-state index in [0.29, 0.717) is 19.3 Å². The highest BCUT2D eigenvalue weighted by Gasteiger charge is 2.19. The van der Waals surface area contributed by atoms with Crippen LogP contribution in [0.3, 0.4) is 0 Å². The molecule has 408 valence electrons. The largest absolute Gasteiger partial charge is 0.462 e. The van der Waals surface area contributed by atoms with E-state index >= 15 is 0 Å².